The number of carbonyl (C=O) groups is 1. The number of piperidine rings is 1. The number of hydrogen-bond acceptors (Lipinski definition) is 6. The largest absolute Gasteiger partial charge is 0.486 e. The van der Waals surface area contributed by atoms with Gasteiger partial charge in [-0.15, -0.1) is 0 Å². The SMILES string of the molecule is CCC1CCCCN1CCCNC(=O)CN(c1ccc2c(c1)OCCO2)S(C)(=O)=O. The fourth-order valence-corrected chi connectivity index (χ4v) is 4.95. The average Bonchev–Trinajstić information content (AvgIpc) is 2.74. The number of sulfonamides is 1. The van der Waals surface area contributed by atoms with Crippen molar-refractivity contribution in [3.63, 3.8) is 0 Å². The molecule has 9 heteroatoms. The molecule has 3 rings (SSSR count). The Morgan fingerprint density at radius 2 is 2.00 bits per heavy atom. The summed E-state index contributed by atoms with van der Waals surface area (Å²) in [7, 11) is -3.63. The van der Waals surface area contributed by atoms with Crippen LogP contribution in [0.3, 0.4) is 0 Å². The van der Waals surface area contributed by atoms with Gasteiger partial charge in [0.2, 0.25) is 15.9 Å². The molecule has 1 aromatic rings. The highest BCUT2D eigenvalue weighted by atomic mass is 32.2. The molecule has 0 saturated carbocycles. The van der Waals surface area contributed by atoms with E-state index in [9.17, 15) is 13.2 Å². The summed E-state index contributed by atoms with van der Waals surface area (Å²) in [6.07, 6.45) is 6.89. The summed E-state index contributed by atoms with van der Waals surface area (Å²) in [5, 5.41) is 2.86. The summed E-state index contributed by atoms with van der Waals surface area (Å²) in [4.78, 5) is 15.0. The predicted octanol–water partition coefficient (Wildman–Crippen LogP) is 1.99. The lowest BCUT2D eigenvalue weighted by Crippen LogP contribution is -2.42. The van der Waals surface area contributed by atoms with Crippen LogP contribution in [0.1, 0.15) is 39.0 Å². The zero-order valence-electron chi connectivity index (χ0n) is 17.9. The van der Waals surface area contributed by atoms with Crippen molar-refractivity contribution in [2.45, 2.75) is 45.1 Å². The Labute approximate surface area is 179 Å². The van der Waals surface area contributed by atoms with Crippen LogP contribution in [0.2, 0.25) is 0 Å². The van der Waals surface area contributed by atoms with E-state index in [1.165, 1.54) is 19.3 Å². The van der Waals surface area contributed by atoms with Gasteiger partial charge in [-0.25, -0.2) is 8.42 Å². The molecule has 168 valence electrons. The number of nitrogens with one attached hydrogen (secondary N) is 1. The first-order valence-corrected chi connectivity index (χ1v) is 12.6. The van der Waals surface area contributed by atoms with Crippen LogP contribution in [0.4, 0.5) is 5.69 Å². The molecular weight excluding hydrogens is 406 g/mol. The van der Waals surface area contributed by atoms with E-state index < -0.39 is 10.0 Å². The standard InChI is InChI=1S/C21H33N3O5S/c1-3-17-7-4-5-11-23(17)12-6-10-22-21(25)16-24(30(2,26)27)18-8-9-19-20(15-18)29-14-13-28-19/h8-9,15,17H,3-7,10-14,16H2,1-2H3,(H,22,25). The molecule has 1 amide bonds. The molecule has 1 unspecified atom stereocenters. The second-order valence-corrected chi connectivity index (χ2v) is 9.80. The maximum Gasteiger partial charge on any atom is 0.240 e. The molecule has 0 aliphatic carbocycles. The quantitative estimate of drug-likeness (QED) is 0.592. The third kappa shape index (κ3) is 6.01. The minimum absolute atomic E-state index is 0.264. The van der Waals surface area contributed by atoms with Crippen LogP contribution in [0.15, 0.2) is 18.2 Å². The van der Waals surface area contributed by atoms with Crippen molar-refractivity contribution in [3.05, 3.63) is 18.2 Å². The number of ether oxygens (including phenoxy) is 2. The van der Waals surface area contributed by atoms with E-state index in [0.29, 0.717) is 43.0 Å². The minimum Gasteiger partial charge on any atom is -0.486 e. The van der Waals surface area contributed by atoms with Gasteiger partial charge in [0, 0.05) is 25.2 Å². The van der Waals surface area contributed by atoms with E-state index in [1.54, 1.807) is 18.2 Å². The van der Waals surface area contributed by atoms with Crippen LogP contribution in [-0.4, -0.2) is 70.9 Å². The summed E-state index contributed by atoms with van der Waals surface area (Å²) in [5.74, 6) is 0.742. The average molecular weight is 440 g/mol. The molecule has 1 fully saturated rings. The molecule has 30 heavy (non-hydrogen) atoms. The minimum atomic E-state index is -3.63. The smallest absolute Gasteiger partial charge is 0.240 e. The Balaban J connectivity index is 1.53. The summed E-state index contributed by atoms with van der Waals surface area (Å²) in [6.45, 7) is 5.44. The molecule has 0 spiro atoms. The highest BCUT2D eigenvalue weighted by molar-refractivity contribution is 7.92. The van der Waals surface area contributed by atoms with Gasteiger partial charge < -0.3 is 19.7 Å². The van der Waals surface area contributed by atoms with Crippen LogP contribution in [0.25, 0.3) is 0 Å². The first kappa shape index (κ1) is 22.7. The molecule has 2 aliphatic heterocycles. The van der Waals surface area contributed by atoms with Crippen molar-refractivity contribution in [3.8, 4) is 11.5 Å². The maximum atomic E-state index is 12.4. The lowest BCUT2D eigenvalue weighted by atomic mass is 10.00. The van der Waals surface area contributed by atoms with Crippen molar-refractivity contribution in [1.29, 1.82) is 0 Å². The van der Waals surface area contributed by atoms with E-state index in [-0.39, 0.29) is 12.5 Å². The normalized spacial score (nSPS) is 19.3. The van der Waals surface area contributed by atoms with Gasteiger partial charge in [-0.3, -0.25) is 9.10 Å². The number of benzene rings is 1. The number of carbonyl (C=O) groups excluding carboxylic acids is 1. The van der Waals surface area contributed by atoms with Crippen molar-refractivity contribution >= 4 is 21.6 Å². The van der Waals surface area contributed by atoms with Crippen molar-refractivity contribution < 1.29 is 22.7 Å². The lowest BCUT2D eigenvalue weighted by molar-refractivity contribution is -0.119. The summed E-state index contributed by atoms with van der Waals surface area (Å²) in [6, 6.07) is 5.54. The number of anilines is 1. The van der Waals surface area contributed by atoms with Crippen LogP contribution in [-0.2, 0) is 14.8 Å². The topological polar surface area (TPSA) is 88.2 Å². The molecule has 1 atom stereocenters. The van der Waals surface area contributed by atoms with Gasteiger partial charge in [-0.2, -0.15) is 0 Å². The van der Waals surface area contributed by atoms with Gasteiger partial charge in [-0.05, 0) is 44.4 Å². The number of amides is 1. The van der Waals surface area contributed by atoms with Crippen LogP contribution >= 0.6 is 0 Å². The summed E-state index contributed by atoms with van der Waals surface area (Å²) < 4.78 is 36.7. The Morgan fingerprint density at radius 1 is 1.23 bits per heavy atom. The molecule has 1 N–H and O–H groups in total. The lowest BCUT2D eigenvalue weighted by Gasteiger charge is -2.35. The first-order chi connectivity index (χ1) is 14.4. The maximum absolute atomic E-state index is 12.4. The monoisotopic (exact) mass is 439 g/mol. The molecule has 2 aliphatic rings. The van der Waals surface area contributed by atoms with Gasteiger partial charge in [0.25, 0.3) is 0 Å². The Kier molecular flexibility index (Phi) is 7.82. The van der Waals surface area contributed by atoms with E-state index >= 15 is 0 Å². The van der Waals surface area contributed by atoms with E-state index in [2.05, 4.69) is 17.1 Å². The van der Waals surface area contributed by atoms with Gasteiger partial charge in [0.1, 0.15) is 19.8 Å². The van der Waals surface area contributed by atoms with E-state index in [1.807, 2.05) is 0 Å². The highest BCUT2D eigenvalue weighted by Crippen LogP contribution is 2.34. The molecule has 0 radical (unpaired) electrons. The van der Waals surface area contributed by atoms with Crippen LogP contribution < -0.4 is 19.1 Å². The van der Waals surface area contributed by atoms with Gasteiger partial charge in [0.05, 0.1) is 11.9 Å². The van der Waals surface area contributed by atoms with Crippen molar-refractivity contribution in [1.82, 2.24) is 10.2 Å². The predicted molar refractivity (Wildman–Crippen MR) is 117 cm³/mol. The van der Waals surface area contributed by atoms with Crippen molar-refractivity contribution in [2.75, 3.05) is 50.0 Å². The molecule has 1 saturated heterocycles. The second-order valence-electron chi connectivity index (χ2n) is 7.89. The zero-order chi connectivity index (χ0) is 21.6. The molecule has 0 bridgehead atoms. The molecular formula is C21H33N3O5S. The fraction of sp³-hybridized carbons (Fsp3) is 0.667. The second kappa shape index (κ2) is 10.3. The number of nitrogens with zero attached hydrogens (tertiary/aromatic N) is 2. The van der Waals surface area contributed by atoms with Gasteiger partial charge >= 0.3 is 0 Å². The fourth-order valence-electron chi connectivity index (χ4n) is 4.10. The van der Waals surface area contributed by atoms with Gasteiger partial charge in [0.15, 0.2) is 11.5 Å². The zero-order valence-corrected chi connectivity index (χ0v) is 18.7. The molecule has 0 aromatic heterocycles. The molecule has 8 nitrogen and oxygen atoms in total. The summed E-state index contributed by atoms with van der Waals surface area (Å²) in [5.41, 5.74) is 0.385. The number of hydrogen-bond donors (Lipinski definition) is 1. The van der Waals surface area contributed by atoms with Crippen LogP contribution in [0.5, 0.6) is 11.5 Å². The molecule has 1 aromatic carbocycles. The summed E-state index contributed by atoms with van der Waals surface area (Å²) >= 11 is 0. The first-order valence-electron chi connectivity index (χ1n) is 10.8. The Bertz CT molecular complexity index is 830. The van der Waals surface area contributed by atoms with E-state index in [4.69, 9.17) is 9.47 Å². The number of rotatable bonds is 9. The Morgan fingerprint density at radius 3 is 2.73 bits per heavy atom. The van der Waals surface area contributed by atoms with Crippen LogP contribution in [0, 0.1) is 0 Å². The molecule has 2 heterocycles. The number of fused-ring (bicyclic) bond motifs is 1. The number of likely N-dealkylation sites (tertiary alicyclic amines) is 1. The third-order valence-electron chi connectivity index (χ3n) is 5.67. The highest BCUT2D eigenvalue weighted by Gasteiger charge is 2.24. The Hall–Kier alpha value is -2.00. The van der Waals surface area contributed by atoms with E-state index in [0.717, 1.165) is 36.5 Å². The van der Waals surface area contributed by atoms with Crippen molar-refractivity contribution in [2.24, 2.45) is 0 Å². The third-order valence-corrected chi connectivity index (χ3v) is 6.81. The van der Waals surface area contributed by atoms with Gasteiger partial charge in [-0.1, -0.05) is 13.3 Å².